The normalized spacial score (nSPS) is 10.5. The van der Waals surface area contributed by atoms with Gasteiger partial charge in [0.15, 0.2) is 5.75 Å². The standard InChI is InChI=1S/C18H16N2O3S/c1-23-17-15(20-10-9-19-12-20)8-7-13(16(17)18(21)22)11-24-14-5-3-2-4-6-14/h2-10,12H,11H2,1H3,(H,21,22). The molecule has 0 aliphatic rings. The maximum atomic E-state index is 11.8. The Morgan fingerprint density at radius 2 is 2.04 bits per heavy atom. The molecule has 1 heterocycles. The predicted molar refractivity (Wildman–Crippen MR) is 93.1 cm³/mol. The van der Waals surface area contributed by atoms with E-state index in [1.807, 2.05) is 42.5 Å². The molecular weight excluding hydrogens is 324 g/mol. The minimum Gasteiger partial charge on any atom is -0.494 e. The van der Waals surface area contributed by atoms with E-state index in [2.05, 4.69) is 4.98 Å². The van der Waals surface area contributed by atoms with Crippen LogP contribution in [0.15, 0.2) is 66.1 Å². The Morgan fingerprint density at radius 3 is 2.67 bits per heavy atom. The van der Waals surface area contributed by atoms with Crippen molar-refractivity contribution in [2.75, 3.05) is 7.11 Å². The van der Waals surface area contributed by atoms with Gasteiger partial charge in [-0.25, -0.2) is 9.78 Å². The molecule has 0 fully saturated rings. The van der Waals surface area contributed by atoms with Crippen LogP contribution in [0, 0.1) is 0 Å². The van der Waals surface area contributed by atoms with E-state index in [4.69, 9.17) is 4.74 Å². The zero-order chi connectivity index (χ0) is 16.9. The lowest BCUT2D eigenvalue weighted by atomic mass is 10.1. The van der Waals surface area contributed by atoms with Crippen LogP contribution >= 0.6 is 11.8 Å². The Bertz CT molecular complexity index is 833. The number of carbonyl (C=O) groups is 1. The van der Waals surface area contributed by atoms with Crippen LogP contribution in [0.25, 0.3) is 5.69 Å². The number of benzene rings is 2. The van der Waals surface area contributed by atoms with Crippen molar-refractivity contribution < 1.29 is 14.6 Å². The summed E-state index contributed by atoms with van der Waals surface area (Å²) in [4.78, 5) is 16.9. The molecule has 0 unspecified atom stereocenters. The molecule has 0 atom stereocenters. The highest BCUT2D eigenvalue weighted by atomic mass is 32.2. The molecule has 2 aromatic carbocycles. The van der Waals surface area contributed by atoms with E-state index >= 15 is 0 Å². The van der Waals surface area contributed by atoms with Gasteiger partial charge in [-0.05, 0) is 23.8 Å². The number of thioether (sulfide) groups is 1. The van der Waals surface area contributed by atoms with Crippen LogP contribution in [0.5, 0.6) is 5.75 Å². The van der Waals surface area contributed by atoms with Crippen molar-refractivity contribution in [3.05, 3.63) is 72.3 Å². The average Bonchev–Trinajstić information content (AvgIpc) is 3.14. The van der Waals surface area contributed by atoms with Crippen LogP contribution in [-0.2, 0) is 5.75 Å². The van der Waals surface area contributed by atoms with Crippen LogP contribution in [0.1, 0.15) is 15.9 Å². The van der Waals surface area contributed by atoms with E-state index < -0.39 is 5.97 Å². The van der Waals surface area contributed by atoms with Gasteiger partial charge in [0.05, 0.1) is 19.1 Å². The van der Waals surface area contributed by atoms with E-state index in [1.165, 1.54) is 7.11 Å². The zero-order valence-electron chi connectivity index (χ0n) is 13.0. The molecule has 0 radical (unpaired) electrons. The van der Waals surface area contributed by atoms with Crippen LogP contribution in [0.3, 0.4) is 0 Å². The number of aromatic carboxylic acids is 1. The first-order valence-electron chi connectivity index (χ1n) is 7.30. The Balaban J connectivity index is 1.99. The van der Waals surface area contributed by atoms with Crippen LogP contribution in [0.2, 0.25) is 0 Å². The molecule has 1 aromatic heterocycles. The molecule has 3 rings (SSSR count). The van der Waals surface area contributed by atoms with E-state index in [0.717, 1.165) is 10.5 Å². The van der Waals surface area contributed by atoms with Crippen molar-refractivity contribution in [3.63, 3.8) is 0 Å². The second-order valence-electron chi connectivity index (χ2n) is 5.03. The van der Waals surface area contributed by atoms with Gasteiger partial charge in [-0.15, -0.1) is 11.8 Å². The highest BCUT2D eigenvalue weighted by Crippen LogP contribution is 2.33. The van der Waals surface area contributed by atoms with Gasteiger partial charge < -0.3 is 14.4 Å². The summed E-state index contributed by atoms with van der Waals surface area (Å²) in [5.41, 5.74) is 1.56. The molecule has 3 aromatic rings. The number of imidazole rings is 1. The van der Waals surface area contributed by atoms with Crippen molar-refractivity contribution >= 4 is 17.7 Å². The highest BCUT2D eigenvalue weighted by Gasteiger charge is 2.21. The average molecular weight is 340 g/mol. The van der Waals surface area contributed by atoms with Gasteiger partial charge >= 0.3 is 5.97 Å². The Labute approximate surface area is 143 Å². The third-order valence-corrected chi connectivity index (χ3v) is 4.62. The van der Waals surface area contributed by atoms with Crippen molar-refractivity contribution in [3.8, 4) is 11.4 Å². The lowest BCUT2D eigenvalue weighted by molar-refractivity contribution is 0.0692. The van der Waals surface area contributed by atoms with Gasteiger partial charge in [-0.3, -0.25) is 0 Å². The summed E-state index contributed by atoms with van der Waals surface area (Å²) in [6, 6.07) is 13.6. The fourth-order valence-electron chi connectivity index (χ4n) is 2.46. The smallest absolute Gasteiger partial charge is 0.339 e. The van der Waals surface area contributed by atoms with Gasteiger partial charge in [-0.2, -0.15) is 0 Å². The van der Waals surface area contributed by atoms with Crippen molar-refractivity contribution in [1.82, 2.24) is 9.55 Å². The molecule has 0 amide bonds. The van der Waals surface area contributed by atoms with E-state index in [1.54, 1.807) is 35.0 Å². The van der Waals surface area contributed by atoms with Gasteiger partial charge in [0, 0.05) is 23.0 Å². The summed E-state index contributed by atoms with van der Waals surface area (Å²) in [5, 5.41) is 9.68. The number of aromatic nitrogens is 2. The fraction of sp³-hybridized carbons (Fsp3) is 0.111. The van der Waals surface area contributed by atoms with Crippen LogP contribution in [-0.4, -0.2) is 27.7 Å². The summed E-state index contributed by atoms with van der Waals surface area (Å²) in [6.45, 7) is 0. The van der Waals surface area contributed by atoms with E-state index in [0.29, 0.717) is 17.2 Å². The Hall–Kier alpha value is -2.73. The van der Waals surface area contributed by atoms with Crippen molar-refractivity contribution in [1.29, 1.82) is 0 Å². The Morgan fingerprint density at radius 1 is 1.25 bits per heavy atom. The van der Waals surface area contributed by atoms with E-state index in [9.17, 15) is 9.90 Å². The third-order valence-electron chi connectivity index (χ3n) is 3.56. The van der Waals surface area contributed by atoms with Gasteiger partial charge in [0.1, 0.15) is 5.56 Å². The molecule has 0 aliphatic carbocycles. The molecule has 1 N–H and O–H groups in total. The number of ether oxygens (including phenoxy) is 1. The van der Waals surface area contributed by atoms with Gasteiger partial charge in [0.25, 0.3) is 0 Å². The fourth-order valence-corrected chi connectivity index (χ4v) is 3.37. The van der Waals surface area contributed by atoms with Crippen molar-refractivity contribution in [2.24, 2.45) is 0 Å². The van der Waals surface area contributed by atoms with Crippen molar-refractivity contribution in [2.45, 2.75) is 10.6 Å². The second kappa shape index (κ2) is 7.23. The number of nitrogens with zero attached hydrogens (tertiary/aromatic N) is 2. The molecule has 0 spiro atoms. The molecular formula is C18H16N2O3S. The maximum Gasteiger partial charge on any atom is 0.339 e. The van der Waals surface area contributed by atoms with Crippen LogP contribution < -0.4 is 4.74 Å². The van der Waals surface area contributed by atoms with Gasteiger partial charge in [-0.1, -0.05) is 24.3 Å². The number of methoxy groups -OCH3 is 1. The summed E-state index contributed by atoms with van der Waals surface area (Å²) in [7, 11) is 1.48. The quantitative estimate of drug-likeness (QED) is 0.690. The molecule has 5 nitrogen and oxygen atoms in total. The SMILES string of the molecule is COc1c(-n2ccnc2)ccc(CSc2ccccc2)c1C(=O)O. The predicted octanol–water partition coefficient (Wildman–Crippen LogP) is 3.87. The molecule has 6 heteroatoms. The molecule has 122 valence electrons. The minimum absolute atomic E-state index is 0.187. The first kappa shape index (κ1) is 16.1. The molecule has 0 saturated heterocycles. The second-order valence-corrected chi connectivity index (χ2v) is 6.08. The molecule has 0 aliphatic heterocycles. The van der Waals surface area contributed by atoms with Gasteiger partial charge in [0.2, 0.25) is 0 Å². The lowest BCUT2D eigenvalue weighted by Crippen LogP contribution is -2.08. The highest BCUT2D eigenvalue weighted by molar-refractivity contribution is 7.98. The minimum atomic E-state index is -1.00. The molecule has 0 saturated carbocycles. The first-order chi connectivity index (χ1) is 11.7. The third kappa shape index (κ3) is 3.28. The largest absolute Gasteiger partial charge is 0.494 e. The van der Waals surface area contributed by atoms with E-state index in [-0.39, 0.29) is 5.56 Å². The number of hydrogen-bond acceptors (Lipinski definition) is 4. The monoisotopic (exact) mass is 340 g/mol. The molecule has 24 heavy (non-hydrogen) atoms. The first-order valence-corrected chi connectivity index (χ1v) is 8.28. The number of rotatable bonds is 6. The lowest BCUT2D eigenvalue weighted by Gasteiger charge is -2.15. The summed E-state index contributed by atoms with van der Waals surface area (Å²) in [5.74, 6) is -0.115. The van der Waals surface area contributed by atoms with Crippen LogP contribution in [0.4, 0.5) is 0 Å². The Kier molecular flexibility index (Phi) is 4.86. The topological polar surface area (TPSA) is 64.4 Å². The zero-order valence-corrected chi connectivity index (χ0v) is 13.9. The summed E-state index contributed by atoms with van der Waals surface area (Å²) in [6.07, 6.45) is 5.00. The number of hydrogen-bond donors (Lipinski definition) is 1. The number of carboxylic acid groups (broad SMARTS) is 1. The summed E-state index contributed by atoms with van der Waals surface area (Å²) < 4.78 is 7.15. The number of carboxylic acids is 1. The maximum absolute atomic E-state index is 11.8. The molecule has 0 bridgehead atoms. The summed E-state index contributed by atoms with van der Waals surface area (Å²) >= 11 is 1.59.